The van der Waals surface area contributed by atoms with Crippen LogP contribution in [0, 0.1) is 0 Å². The number of carbonyl (C=O) groups is 1. The molecule has 0 aliphatic rings. The first-order chi connectivity index (χ1) is 8.51. The molecule has 0 saturated carbocycles. The average Bonchev–Trinajstić information content (AvgIpc) is 2.33. The molecule has 18 heavy (non-hydrogen) atoms. The number of rotatable bonds is 5. The molecular weight excluding hydrogens is 279 g/mol. The van der Waals surface area contributed by atoms with Crippen LogP contribution < -0.4 is 4.74 Å². The summed E-state index contributed by atoms with van der Waals surface area (Å²) < 4.78 is 15.2. The molecule has 0 fully saturated rings. The monoisotopic (exact) mass is 292 g/mol. The molecule has 0 N–H and O–H groups in total. The van der Waals surface area contributed by atoms with Crippen LogP contribution in [0.1, 0.15) is 24.2 Å². The molecule has 0 radical (unpaired) electrons. The van der Waals surface area contributed by atoms with Crippen LogP contribution in [0.2, 0.25) is 10.0 Å². The smallest absolute Gasteiger partial charge is 0.341 e. The van der Waals surface area contributed by atoms with E-state index in [9.17, 15) is 4.79 Å². The van der Waals surface area contributed by atoms with Crippen molar-refractivity contribution in [2.75, 3.05) is 13.7 Å². The number of carbonyl (C=O) groups excluding carboxylic acids is 1. The minimum Gasteiger partial charge on any atom is -0.464 e. The van der Waals surface area contributed by atoms with E-state index in [1.165, 1.54) is 13.2 Å². The van der Waals surface area contributed by atoms with Gasteiger partial charge in [-0.25, -0.2) is 4.79 Å². The molecule has 1 atom stereocenters. The van der Waals surface area contributed by atoms with Crippen molar-refractivity contribution in [1.29, 1.82) is 0 Å². The quantitative estimate of drug-likeness (QED) is 0.615. The van der Waals surface area contributed by atoms with Crippen molar-refractivity contribution in [3.63, 3.8) is 0 Å². The molecule has 0 aliphatic heterocycles. The number of esters is 1. The van der Waals surface area contributed by atoms with Gasteiger partial charge in [0.15, 0.2) is 6.29 Å². The van der Waals surface area contributed by atoms with Gasteiger partial charge in [0, 0.05) is 7.11 Å². The van der Waals surface area contributed by atoms with E-state index < -0.39 is 12.3 Å². The lowest BCUT2D eigenvalue weighted by molar-refractivity contribution is -0.0382. The van der Waals surface area contributed by atoms with Crippen molar-refractivity contribution in [1.82, 2.24) is 0 Å². The lowest BCUT2D eigenvalue weighted by Crippen LogP contribution is -2.15. The van der Waals surface area contributed by atoms with E-state index in [4.69, 9.17) is 37.4 Å². The number of methoxy groups -OCH3 is 1. The average molecular weight is 293 g/mol. The Morgan fingerprint density at radius 1 is 1.39 bits per heavy atom. The third-order valence-electron chi connectivity index (χ3n) is 2.16. The van der Waals surface area contributed by atoms with E-state index in [0.29, 0.717) is 5.75 Å². The van der Waals surface area contributed by atoms with Gasteiger partial charge in [-0.2, -0.15) is 0 Å². The predicted octanol–water partition coefficient (Wildman–Crippen LogP) is 3.54. The Hall–Kier alpha value is -0.970. The third-order valence-corrected chi connectivity index (χ3v) is 2.85. The Kier molecular flexibility index (Phi) is 5.72. The molecule has 1 unspecified atom stereocenters. The third kappa shape index (κ3) is 3.51. The van der Waals surface area contributed by atoms with Crippen molar-refractivity contribution in [3.8, 4) is 5.75 Å². The van der Waals surface area contributed by atoms with E-state index in [1.54, 1.807) is 19.9 Å². The summed E-state index contributed by atoms with van der Waals surface area (Å²) >= 11 is 12.0. The van der Waals surface area contributed by atoms with Gasteiger partial charge in [0.2, 0.25) is 0 Å². The molecule has 1 aromatic carbocycles. The van der Waals surface area contributed by atoms with Crippen LogP contribution in [0.5, 0.6) is 5.75 Å². The van der Waals surface area contributed by atoms with Crippen LogP contribution in [-0.4, -0.2) is 26.0 Å². The Labute approximate surface area is 116 Å². The van der Waals surface area contributed by atoms with Crippen LogP contribution >= 0.6 is 23.2 Å². The standard InChI is InChI=1S/C12H14Cl2O4/c1-4-17-12(15)10-8(13)5-6-9(11(10)14)18-7(2)16-3/h5-7H,4H2,1-3H3. The van der Waals surface area contributed by atoms with Crippen molar-refractivity contribution in [2.45, 2.75) is 20.1 Å². The molecule has 100 valence electrons. The summed E-state index contributed by atoms with van der Waals surface area (Å²) in [4.78, 5) is 11.7. The highest BCUT2D eigenvalue weighted by Gasteiger charge is 2.20. The Morgan fingerprint density at radius 2 is 2.06 bits per heavy atom. The zero-order chi connectivity index (χ0) is 13.7. The van der Waals surface area contributed by atoms with E-state index in [-0.39, 0.29) is 22.2 Å². The Morgan fingerprint density at radius 3 is 2.61 bits per heavy atom. The SMILES string of the molecule is CCOC(=O)c1c(Cl)ccc(OC(C)OC)c1Cl. The molecule has 1 aromatic rings. The van der Waals surface area contributed by atoms with Crippen molar-refractivity contribution < 1.29 is 19.0 Å². The molecule has 0 saturated heterocycles. The van der Waals surface area contributed by atoms with Crippen LogP contribution in [0.4, 0.5) is 0 Å². The number of ether oxygens (including phenoxy) is 3. The highest BCUT2D eigenvalue weighted by Crippen LogP contribution is 2.34. The fraction of sp³-hybridized carbons (Fsp3) is 0.417. The van der Waals surface area contributed by atoms with Crippen molar-refractivity contribution in [3.05, 3.63) is 27.7 Å². The summed E-state index contributed by atoms with van der Waals surface area (Å²) in [5, 5.41) is 0.334. The maximum absolute atomic E-state index is 11.7. The van der Waals surface area contributed by atoms with Crippen LogP contribution in [0.25, 0.3) is 0 Å². The van der Waals surface area contributed by atoms with Crippen molar-refractivity contribution >= 4 is 29.2 Å². The fourth-order valence-corrected chi connectivity index (χ4v) is 1.81. The zero-order valence-electron chi connectivity index (χ0n) is 10.3. The zero-order valence-corrected chi connectivity index (χ0v) is 11.8. The minimum atomic E-state index is -0.581. The summed E-state index contributed by atoms with van der Waals surface area (Å²) in [5.74, 6) is -0.263. The maximum Gasteiger partial charge on any atom is 0.341 e. The summed E-state index contributed by atoms with van der Waals surface area (Å²) in [6.45, 7) is 3.65. The van der Waals surface area contributed by atoms with E-state index in [2.05, 4.69) is 0 Å². The van der Waals surface area contributed by atoms with Gasteiger partial charge in [0.25, 0.3) is 0 Å². The molecule has 1 rings (SSSR count). The lowest BCUT2D eigenvalue weighted by Gasteiger charge is -2.15. The number of benzene rings is 1. The summed E-state index contributed by atoms with van der Waals surface area (Å²) in [6.07, 6.45) is -0.487. The second kappa shape index (κ2) is 6.83. The first-order valence-corrected chi connectivity index (χ1v) is 6.11. The maximum atomic E-state index is 11.7. The lowest BCUT2D eigenvalue weighted by atomic mass is 10.2. The molecule has 4 nitrogen and oxygen atoms in total. The van der Waals surface area contributed by atoms with Gasteiger partial charge in [-0.15, -0.1) is 0 Å². The minimum absolute atomic E-state index is 0.0981. The Bertz CT molecular complexity index is 434. The van der Waals surface area contributed by atoms with E-state index in [0.717, 1.165) is 0 Å². The van der Waals surface area contributed by atoms with Gasteiger partial charge in [-0.3, -0.25) is 0 Å². The van der Waals surface area contributed by atoms with Gasteiger partial charge in [0.05, 0.1) is 16.7 Å². The van der Waals surface area contributed by atoms with Gasteiger partial charge < -0.3 is 14.2 Å². The van der Waals surface area contributed by atoms with Crippen LogP contribution in [-0.2, 0) is 9.47 Å². The van der Waals surface area contributed by atoms with Gasteiger partial charge >= 0.3 is 5.97 Å². The van der Waals surface area contributed by atoms with Crippen LogP contribution in [0.3, 0.4) is 0 Å². The summed E-state index contributed by atoms with van der Waals surface area (Å²) in [7, 11) is 1.50. The number of hydrogen-bond donors (Lipinski definition) is 0. The van der Waals surface area contributed by atoms with Gasteiger partial charge in [-0.05, 0) is 26.0 Å². The molecule has 0 aliphatic carbocycles. The molecule has 0 amide bonds. The normalized spacial score (nSPS) is 12.1. The van der Waals surface area contributed by atoms with E-state index >= 15 is 0 Å². The number of halogens is 2. The molecule has 0 aromatic heterocycles. The molecule has 6 heteroatoms. The van der Waals surface area contributed by atoms with Gasteiger partial charge in [-0.1, -0.05) is 23.2 Å². The largest absolute Gasteiger partial charge is 0.464 e. The topological polar surface area (TPSA) is 44.8 Å². The Balaban J connectivity index is 3.10. The van der Waals surface area contributed by atoms with Crippen LogP contribution in [0.15, 0.2) is 12.1 Å². The molecule has 0 heterocycles. The molecule has 0 bridgehead atoms. The van der Waals surface area contributed by atoms with Crippen molar-refractivity contribution in [2.24, 2.45) is 0 Å². The summed E-state index contributed by atoms with van der Waals surface area (Å²) in [6, 6.07) is 3.10. The first-order valence-electron chi connectivity index (χ1n) is 5.35. The highest BCUT2D eigenvalue weighted by atomic mass is 35.5. The fourth-order valence-electron chi connectivity index (χ4n) is 1.24. The second-order valence-electron chi connectivity index (χ2n) is 3.38. The molecule has 0 spiro atoms. The van der Waals surface area contributed by atoms with Gasteiger partial charge in [0.1, 0.15) is 11.3 Å². The summed E-state index contributed by atoms with van der Waals surface area (Å²) in [5.41, 5.74) is 0.0981. The number of hydrogen-bond acceptors (Lipinski definition) is 4. The molecular formula is C12H14Cl2O4. The predicted molar refractivity (Wildman–Crippen MR) is 69.5 cm³/mol. The first kappa shape index (κ1) is 15.1. The van der Waals surface area contributed by atoms with E-state index in [1.807, 2.05) is 0 Å². The highest BCUT2D eigenvalue weighted by molar-refractivity contribution is 6.40. The second-order valence-corrected chi connectivity index (χ2v) is 4.16.